The Bertz CT molecular complexity index is 118. The molecule has 8 heavy (non-hydrogen) atoms. The van der Waals surface area contributed by atoms with Gasteiger partial charge in [0.15, 0.2) is 0 Å². The predicted octanol–water partition coefficient (Wildman–Crippen LogP) is 0.829. The third kappa shape index (κ3) is 3.36. The van der Waals surface area contributed by atoms with Crippen LogP contribution in [0.1, 0.15) is 13.8 Å². The topological polar surface area (TPSA) is 47.6 Å². The zero-order valence-electron chi connectivity index (χ0n) is 5.14. The van der Waals surface area contributed by atoms with Crippen LogP contribution < -0.4 is 5.90 Å². The summed E-state index contributed by atoms with van der Waals surface area (Å²) in [6.45, 7) is 6.95. The van der Waals surface area contributed by atoms with Crippen molar-refractivity contribution in [3.05, 3.63) is 12.3 Å². The van der Waals surface area contributed by atoms with Crippen molar-refractivity contribution in [3.8, 4) is 0 Å². The van der Waals surface area contributed by atoms with E-state index in [4.69, 9.17) is 5.90 Å². The van der Waals surface area contributed by atoms with Gasteiger partial charge in [-0.3, -0.25) is 0 Å². The van der Waals surface area contributed by atoms with E-state index < -0.39 is 0 Å². The summed E-state index contributed by atoms with van der Waals surface area (Å²) in [5, 5.41) is 0. The lowest BCUT2D eigenvalue weighted by molar-refractivity contribution is 0.318. The Hall–Kier alpha value is -0.830. The van der Waals surface area contributed by atoms with E-state index in [1.165, 1.54) is 0 Å². The Balaban J connectivity index is 3.75. The molecule has 0 heterocycles. The molecule has 0 amide bonds. The first-order chi connectivity index (χ1) is 3.66. The Kier molecular flexibility index (Phi) is 2.88. The Morgan fingerprint density at radius 2 is 2.12 bits per heavy atom. The van der Waals surface area contributed by atoms with Crippen molar-refractivity contribution in [3.63, 3.8) is 0 Å². The maximum Gasteiger partial charge on any atom is 0.210 e. The van der Waals surface area contributed by atoms with Gasteiger partial charge in [-0.1, -0.05) is 6.58 Å². The molecular formula is C5H10N2O. The number of nitrogens with two attached hydrogens (primary N) is 1. The number of aliphatic imine (C=N–C) groups is 1. The highest BCUT2D eigenvalue weighted by molar-refractivity contribution is 5.73. The van der Waals surface area contributed by atoms with E-state index in [2.05, 4.69) is 16.4 Å². The summed E-state index contributed by atoms with van der Waals surface area (Å²) in [4.78, 5) is 8.02. The minimum Gasteiger partial charge on any atom is -0.396 e. The van der Waals surface area contributed by atoms with E-state index in [0.717, 1.165) is 0 Å². The molecule has 0 aliphatic carbocycles. The molecular weight excluding hydrogens is 104 g/mol. The monoisotopic (exact) mass is 114 g/mol. The molecule has 0 fully saturated rings. The molecule has 0 aliphatic heterocycles. The fourth-order valence-electron chi connectivity index (χ4n) is 0.295. The van der Waals surface area contributed by atoms with Crippen LogP contribution in [0.25, 0.3) is 0 Å². The van der Waals surface area contributed by atoms with E-state index in [0.29, 0.717) is 11.6 Å². The summed E-state index contributed by atoms with van der Waals surface area (Å²) < 4.78 is 0. The first-order valence-electron chi connectivity index (χ1n) is 2.24. The summed E-state index contributed by atoms with van der Waals surface area (Å²) in [5.41, 5.74) is 0.688. The molecule has 2 N–H and O–H groups in total. The van der Waals surface area contributed by atoms with Crippen LogP contribution in [-0.2, 0) is 4.84 Å². The largest absolute Gasteiger partial charge is 0.396 e. The standard InChI is InChI=1S/C5H10N2O/c1-4(2)7-5(3)8-6/h1,6H2,2-3H3. The average molecular weight is 114 g/mol. The van der Waals surface area contributed by atoms with Gasteiger partial charge in [0.1, 0.15) is 0 Å². The lowest BCUT2D eigenvalue weighted by atomic mass is 10.6. The molecule has 0 radical (unpaired) electrons. The second-order valence-electron chi connectivity index (χ2n) is 1.48. The minimum absolute atomic E-state index is 0.428. The molecule has 0 aliphatic rings. The number of allylic oxidation sites excluding steroid dienone is 1. The van der Waals surface area contributed by atoms with Crippen LogP contribution in [0, 0.1) is 0 Å². The molecule has 0 aromatic carbocycles. The highest BCUT2D eigenvalue weighted by atomic mass is 16.6. The van der Waals surface area contributed by atoms with Crippen LogP contribution in [0.5, 0.6) is 0 Å². The minimum atomic E-state index is 0.428. The highest BCUT2D eigenvalue weighted by Crippen LogP contribution is 1.88. The molecule has 3 nitrogen and oxygen atoms in total. The predicted molar refractivity (Wildman–Crippen MR) is 33.2 cm³/mol. The van der Waals surface area contributed by atoms with Gasteiger partial charge in [-0.2, -0.15) is 5.90 Å². The van der Waals surface area contributed by atoms with Gasteiger partial charge in [0.2, 0.25) is 5.90 Å². The molecule has 0 unspecified atom stereocenters. The van der Waals surface area contributed by atoms with E-state index >= 15 is 0 Å². The molecule has 46 valence electrons. The molecule has 0 spiro atoms. The Morgan fingerprint density at radius 1 is 1.62 bits per heavy atom. The van der Waals surface area contributed by atoms with Crippen LogP contribution in [0.15, 0.2) is 17.3 Å². The molecule has 0 aromatic rings. The van der Waals surface area contributed by atoms with Crippen molar-refractivity contribution < 1.29 is 4.84 Å². The molecule has 3 heteroatoms. The van der Waals surface area contributed by atoms with Crippen molar-refractivity contribution in [2.24, 2.45) is 10.9 Å². The van der Waals surface area contributed by atoms with Crippen LogP contribution in [-0.4, -0.2) is 5.90 Å². The number of hydrogen-bond donors (Lipinski definition) is 1. The molecule has 0 bridgehead atoms. The molecule has 0 saturated carbocycles. The summed E-state index contributed by atoms with van der Waals surface area (Å²) in [5.74, 6) is 5.18. The van der Waals surface area contributed by atoms with Crippen molar-refractivity contribution in [2.75, 3.05) is 0 Å². The zero-order valence-corrected chi connectivity index (χ0v) is 5.14. The average Bonchev–Trinajstić information content (AvgIpc) is 1.65. The van der Waals surface area contributed by atoms with Crippen LogP contribution in [0.2, 0.25) is 0 Å². The Labute approximate surface area is 48.8 Å². The smallest absolute Gasteiger partial charge is 0.210 e. The lowest BCUT2D eigenvalue weighted by Gasteiger charge is -1.93. The third-order valence-electron chi connectivity index (χ3n) is 0.519. The first kappa shape index (κ1) is 7.17. The summed E-state index contributed by atoms with van der Waals surface area (Å²) in [6.07, 6.45) is 0. The fraction of sp³-hybridized carbons (Fsp3) is 0.400. The summed E-state index contributed by atoms with van der Waals surface area (Å²) >= 11 is 0. The van der Waals surface area contributed by atoms with Crippen LogP contribution in [0.4, 0.5) is 0 Å². The molecule has 0 atom stereocenters. The van der Waals surface area contributed by atoms with Crippen LogP contribution in [0.3, 0.4) is 0 Å². The summed E-state index contributed by atoms with van der Waals surface area (Å²) in [7, 11) is 0. The SMILES string of the molecule is C=C(C)N=C(C)ON. The second-order valence-corrected chi connectivity index (χ2v) is 1.48. The van der Waals surface area contributed by atoms with E-state index in [-0.39, 0.29) is 0 Å². The van der Waals surface area contributed by atoms with Gasteiger partial charge in [0.05, 0.1) is 0 Å². The summed E-state index contributed by atoms with van der Waals surface area (Å²) in [6, 6.07) is 0. The van der Waals surface area contributed by atoms with Gasteiger partial charge in [0, 0.05) is 12.6 Å². The molecule has 0 saturated heterocycles. The highest BCUT2D eigenvalue weighted by Gasteiger charge is 1.83. The van der Waals surface area contributed by atoms with E-state index in [1.807, 2.05) is 0 Å². The zero-order chi connectivity index (χ0) is 6.57. The third-order valence-corrected chi connectivity index (χ3v) is 0.519. The van der Waals surface area contributed by atoms with Crippen molar-refractivity contribution in [2.45, 2.75) is 13.8 Å². The normalized spacial score (nSPS) is 11.1. The quantitative estimate of drug-likeness (QED) is 0.312. The van der Waals surface area contributed by atoms with Gasteiger partial charge in [-0.15, -0.1) is 0 Å². The molecule has 0 rings (SSSR count). The van der Waals surface area contributed by atoms with E-state index in [1.54, 1.807) is 13.8 Å². The van der Waals surface area contributed by atoms with Gasteiger partial charge in [-0.25, -0.2) is 4.99 Å². The van der Waals surface area contributed by atoms with Crippen LogP contribution >= 0.6 is 0 Å². The van der Waals surface area contributed by atoms with Gasteiger partial charge >= 0.3 is 0 Å². The fourth-order valence-corrected chi connectivity index (χ4v) is 0.295. The van der Waals surface area contributed by atoms with Crippen molar-refractivity contribution in [1.29, 1.82) is 0 Å². The maximum atomic E-state index is 4.75. The number of rotatable bonds is 1. The maximum absolute atomic E-state index is 4.75. The van der Waals surface area contributed by atoms with E-state index in [9.17, 15) is 0 Å². The van der Waals surface area contributed by atoms with Gasteiger partial charge in [-0.05, 0) is 6.92 Å². The number of hydrogen-bond acceptors (Lipinski definition) is 3. The second kappa shape index (κ2) is 3.21. The molecule has 0 aromatic heterocycles. The van der Waals surface area contributed by atoms with Crippen molar-refractivity contribution >= 4 is 5.90 Å². The number of nitrogens with zero attached hydrogens (tertiary/aromatic N) is 1. The lowest BCUT2D eigenvalue weighted by Crippen LogP contribution is -2.05. The van der Waals surface area contributed by atoms with Gasteiger partial charge in [0.25, 0.3) is 0 Å². The Morgan fingerprint density at radius 3 is 2.25 bits per heavy atom. The first-order valence-corrected chi connectivity index (χ1v) is 2.24. The van der Waals surface area contributed by atoms with Gasteiger partial charge < -0.3 is 4.84 Å². The van der Waals surface area contributed by atoms with Crippen molar-refractivity contribution in [1.82, 2.24) is 0 Å².